The van der Waals surface area contributed by atoms with Gasteiger partial charge < -0.3 is 18.5 Å². The number of Topliss-reactive ketones (excluding diaryl/α,β-unsaturated/α-hetero) is 1. The molecule has 0 unspecified atom stereocenters. The van der Waals surface area contributed by atoms with Crippen LogP contribution in [0.15, 0.2) is 51.6 Å². The molecule has 0 bridgehead atoms. The molecule has 0 spiro atoms. The molecule has 3 rings (SSSR count). The Labute approximate surface area is 179 Å². The number of carbonyl (C=O) groups is 2. The first-order valence-electron chi connectivity index (χ1n) is 8.92. The molecule has 0 amide bonds. The van der Waals surface area contributed by atoms with E-state index in [1.54, 1.807) is 35.8 Å². The maximum Gasteiger partial charge on any atom is 0.387 e. The van der Waals surface area contributed by atoms with Gasteiger partial charge in [-0.2, -0.15) is 8.78 Å². The van der Waals surface area contributed by atoms with Crippen molar-refractivity contribution in [3.8, 4) is 11.4 Å². The van der Waals surface area contributed by atoms with Crippen molar-refractivity contribution in [3.63, 3.8) is 0 Å². The SMILES string of the molecule is Cc1cc(C(=O)[C@@H](C)OC(=O)c2ccc(Br)o2)c(C)n1-c1ccc(OC(F)F)cc1. The van der Waals surface area contributed by atoms with E-state index in [4.69, 9.17) is 9.15 Å². The number of hydrogen-bond acceptors (Lipinski definition) is 5. The fourth-order valence-electron chi connectivity index (χ4n) is 3.10. The first-order chi connectivity index (χ1) is 14.2. The van der Waals surface area contributed by atoms with Crippen molar-refractivity contribution < 1.29 is 32.3 Å². The average Bonchev–Trinajstić information content (AvgIpc) is 3.24. The quantitative estimate of drug-likeness (QED) is 0.330. The molecule has 9 heteroatoms. The molecule has 0 saturated heterocycles. The van der Waals surface area contributed by atoms with Gasteiger partial charge in [0.2, 0.25) is 11.5 Å². The molecule has 0 aliphatic carbocycles. The van der Waals surface area contributed by atoms with E-state index in [2.05, 4.69) is 20.7 Å². The van der Waals surface area contributed by atoms with Crippen LogP contribution >= 0.6 is 15.9 Å². The second-order valence-electron chi connectivity index (χ2n) is 6.51. The van der Waals surface area contributed by atoms with E-state index >= 15 is 0 Å². The Kier molecular flexibility index (Phi) is 6.40. The highest BCUT2D eigenvalue weighted by Gasteiger charge is 2.26. The summed E-state index contributed by atoms with van der Waals surface area (Å²) in [5.74, 6) is -1.09. The number of aromatic nitrogens is 1. The van der Waals surface area contributed by atoms with Gasteiger partial charge in [0.05, 0.1) is 0 Å². The number of ketones is 1. The number of esters is 1. The normalized spacial score (nSPS) is 12.1. The van der Waals surface area contributed by atoms with Gasteiger partial charge in [-0.25, -0.2) is 4.79 Å². The Morgan fingerprint density at radius 3 is 2.33 bits per heavy atom. The molecular weight excluding hydrogens is 464 g/mol. The van der Waals surface area contributed by atoms with Crippen LogP contribution in [-0.2, 0) is 4.74 Å². The number of alkyl halides is 2. The van der Waals surface area contributed by atoms with Gasteiger partial charge >= 0.3 is 12.6 Å². The average molecular weight is 482 g/mol. The van der Waals surface area contributed by atoms with Crippen LogP contribution in [0.3, 0.4) is 0 Å². The lowest BCUT2D eigenvalue weighted by atomic mass is 10.1. The zero-order valence-corrected chi connectivity index (χ0v) is 17.9. The summed E-state index contributed by atoms with van der Waals surface area (Å²) in [6.07, 6.45) is -1.03. The lowest BCUT2D eigenvalue weighted by Gasteiger charge is -2.13. The number of halogens is 3. The van der Waals surface area contributed by atoms with E-state index in [0.717, 1.165) is 5.69 Å². The first-order valence-corrected chi connectivity index (χ1v) is 9.71. The fraction of sp³-hybridized carbons (Fsp3) is 0.238. The number of hydrogen-bond donors (Lipinski definition) is 0. The highest BCUT2D eigenvalue weighted by atomic mass is 79.9. The molecule has 6 nitrogen and oxygen atoms in total. The Hall–Kier alpha value is -2.94. The number of benzene rings is 1. The van der Waals surface area contributed by atoms with Crippen LogP contribution in [0.1, 0.15) is 39.2 Å². The predicted octanol–water partition coefficient (Wildman–Crippen LogP) is 5.48. The number of furan rings is 1. The van der Waals surface area contributed by atoms with E-state index in [-0.39, 0.29) is 17.3 Å². The van der Waals surface area contributed by atoms with Crippen molar-refractivity contribution in [2.45, 2.75) is 33.5 Å². The molecule has 1 atom stereocenters. The molecule has 0 aliphatic heterocycles. The molecule has 30 heavy (non-hydrogen) atoms. The molecule has 0 fully saturated rings. The minimum atomic E-state index is -2.90. The molecule has 2 heterocycles. The van der Waals surface area contributed by atoms with Crippen LogP contribution in [0, 0.1) is 13.8 Å². The maximum atomic E-state index is 12.9. The third-order valence-corrected chi connectivity index (χ3v) is 4.87. The van der Waals surface area contributed by atoms with Crippen LogP contribution in [0.5, 0.6) is 5.75 Å². The first kappa shape index (κ1) is 21.8. The number of ether oxygens (including phenoxy) is 2. The summed E-state index contributed by atoms with van der Waals surface area (Å²) in [5, 5.41) is 0. The summed E-state index contributed by atoms with van der Waals surface area (Å²) in [6.45, 7) is 2.15. The van der Waals surface area contributed by atoms with Crippen LogP contribution in [0.4, 0.5) is 8.78 Å². The maximum absolute atomic E-state index is 12.9. The number of aryl methyl sites for hydroxylation is 1. The Morgan fingerprint density at radius 1 is 1.10 bits per heavy atom. The number of nitrogens with zero attached hydrogens (tertiary/aromatic N) is 1. The van der Waals surface area contributed by atoms with Crippen molar-refractivity contribution in [2.24, 2.45) is 0 Å². The summed E-state index contributed by atoms with van der Waals surface area (Å²) in [6, 6.07) is 10.8. The van der Waals surface area contributed by atoms with E-state index < -0.39 is 18.7 Å². The molecule has 0 radical (unpaired) electrons. The van der Waals surface area contributed by atoms with Crippen molar-refractivity contribution >= 4 is 27.7 Å². The summed E-state index contributed by atoms with van der Waals surface area (Å²) in [5.41, 5.74) is 2.45. The van der Waals surface area contributed by atoms with Gasteiger partial charge in [0, 0.05) is 22.6 Å². The summed E-state index contributed by atoms with van der Waals surface area (Å²) >= 11 is 3.10. The molecular formula is C21H18BrF2NO5. The molecule has 1 aromatic carbocycles. The second-order valence-corrected chi connectivity index (χ2v) is 7.29. The van der Waals surface area contributed by atoms with Crippen LogP contribution in [0.2, 0.25) is 0 Å². The minimum Gasteiger partial charge on any atom is -0.448 e. The monoisotopic (exact) mass is 481 g/mol. The molecule has 0 saturated carbocycles. The standard InChI is InChI=1S/C21H18BrF2NO5/c1-11-10-16(19(26)13(3)28-20(27)17-8-9-18(22)30-17)12(2)25(11)14-4-6-15(7-5-14)29-21(23)24/h4-10,13,21H,1-3H3/t13-/m1/s1. The topological polar surface area (TPSA) is 70.7 Å². The number of rotatable bonds is 7. The second kappa shape index (κ2) is 8.83. The predicted molar refractivity (Wildman–Crippen MR) is 107 cm³/mol. The molecule has 0 N–H and O–H groups in total. The highest BCUT2D eigenvalue weighted by molar-refractivity contribution is 9.10. The number of carbonyl (C=O) groups excluding carboxylic acids is 2. The van der Waals surface area contributed by atoms with E-state index in [9.17, 15) is 18.4 Å². The Balaban J connectivity index is 1.80. The molecule has 158 valence electrons. The fourth-order valence-corrected chi connectivity index (χ4v) is 3.41. The largest absolute Gasteiger partial charge is 0.448 e. The van der Waals surface area contributed by atoms with Gasteiger partial charge in [-0.15, -0.1) is 0 Å². The van der Waals surface area contributed by atoms with Crippen molar-refractivity contribution in [1.29, 1.82) is 0 Å². The van der Waals surface area contributed by atoms with Crippen molar-refractivity contribution in [3.05, 3.63) is 69.8 Å². The smallest absolute Gasteiger partial charge is 0.387 e. The zero-order chi connectivity index (χ0) is 22.0. The lowest BCUT2D eigenvalue weighted by molar-refractivity contribution is -0.0498. The third-order valence-electron chi connectivity index (χ3n) is 4.44. The van der Waals surface area contributed by atoms with E-state index in [1.165, 1.54) is 25.1 Å². The van der Waals surface area contributed by atoms with Gasteiger partial charge in [0.1, 0.15) is 5.75 Å². The summed E-state index contributed by atoms with van der Waals surface area (Å²) in [7, 11) is 0. The Morgan fingerprint density at radius 2 is 1.77 bits per heavy atom. The zero-order valence-electron chi connectivity index (χ0n) is 16.3. The third kappa shape index (κ3) is 4.62. The van der Waals surface area contributed by atoms with Crippen LogP contribution in [0.25, 0.3) is 5.69 Å². The summed E-state index contributed by atoms with van der Waals surface area (Å²) in [4.78, 5) is 25.0. The Bertz CT molecular complexity index is 1070. The van der Waals surface area contributed by atoms with Gasteiger partial charge in [-0.3, -0.25) is 4.79 Å². The van der Waals surface area contributed by atoms with Gasteiger partial charge in [0.15, 0.2) is 10.8 Å². The van der Waals surface area contributed by atoms with Gasteiger partial charge in [-0.1, -0.05) is 0 Å². The van der Waals surface area contributed by atoms with Crippen LogP contribution in [-0.4, -0.2) is 29.0 Å². The van der Waals surface area contributed by atoms with Crippen molar-refractivity contribution in [2.75, 3.05) is 0 Å². The molecule has 3 aromatic rings. The van der Waals surface area contributed by atoms with Crippen molar-refractivity contribution in [1.82, 2.24) is 4.57 Å². The lowest BCUT2D eigenvalue weighted by Crippen LogP contribution is -2.24. The highest BCUT2D eigenvalue weighted by Crippen LogP contribution is 2.25. The summed E-state index contributed by atoms with van der Waals surface area (Å²) < 4.78 is 41.6. The molecule has 2 aromatic heterocycles. The van der Waals surface area contributed by atoms with Crippen LogP contribution < -0.4 is 4.74 Å². The van der Waals surface area contributed by atoms with Gasteiger partial charge in [-0.05, 0) is 79.2 Å². The molecule has 0 aliphatic rings. The van der Waals surface area contributed by atoms with E-state index in [0.29, 0.717) is 21.6 Å². The van der Waals surface area contributed by atoms with E-state index in [1.807, 2.05) is 6.92 Å². The minimum absolute atomic E-state index is 0.0156. The van der Waals surface area contributed by atoms with Gasteiger partial charge in [0.25, 0.3) is 0 Å².